The quantitative estimate of drug-likeness (QED) is 0.492. The summed E-state index contributed by atoms with van der Waals surface area (Å²) >= 11 is 6.19. The third-order valence-electron chi connectivity index (χ3n) is 3.72. The largest absolute Gasteiger partial charge is 0.457 e. The van der Waals surface area contributed by atoms with Crippen LogP contribution >= 0.6 is 11.6 Å². The Labute approximate surface area is 153 Å². The molecule has 0 bridgehead atoms. The van der Waals surface area contributed by atoms with Crippen LogP contribution in [0.15, 0.2) is 59.5 Å². The van der Waals surface area contributed by atoms with Crippen LogP contribution < -0.4 is 0 Å². The van der Waals surface area contributed by atoms with Gasteiger partial charge in [-0.1, -0.05) is 48.9 Å². The number of hydrogen-bond donors (Lipinski definition) is 0. The number of benzene rings is 2. The monoisotopic (exact) mass is 373 g/mol. The second kappa shape index (κ2) is 7.76. The second-order valence-electron chi connectivity index (χ2n) is 5.34. The van der Waals surface area contributed by atoms with Gasteiger partial charge in [0, 0.05) is 16.7 Å². The summed E-state index contributed by atoms with van der Waals surface area (Å²) in [5, 5.41) is 1.22. The highest BCUT2D eigenvalue weighted by Gasteiger charge is 2.16. The average molecular weight is 374 g/mol. The van der Waals surface area contributed by atoms with E-state index < -0.39 is 16.8 Å². The highest BCUT2D eigenvalue weighted by Crippen LogP contribution is 2.22. The Morgan fingerprint density at radius 3 is 2.68 bits per heavy atom. The Morgan fingerprint density at radius 2 is 1.88 bits per heavy atom. The fourth-order valence-corrected chi connectivity index (χ4v) is 3.59. The molecule has 0 saturated heterocycles. The highest BCUT2D eigenvalue weighted by molar-refractivity contribution is 7.85. The van der Waals surface area contributed by atoms with Crippen molar-refractivity contribution in [3.8, 4) is 0 Å². The molecule has 1 aromatic heterocycles. The molecule has 0 aliphatic carbocycles. The molecule has 1 unspecified atom stereocenters. The molecule has 0 spiro atoms. The van der Waals surface area contributed by atoms with Gasteiger partial charge in [0.2, 0.25) is 0 Å². The van der Waals surface area contributed by atoms with Crippen molar-refractivity contribution in [3.63, 3.8) is 0 Å². The summed E-state index contributed by atoms with van der Waals surface area (Å²) in [4.78, 5) is 17.2. The van der Waals surface area contributed by atoms with Crippen LogP contribution in [0, 0.1) is 0 Å². The van der Waals surface area contributed by atoms with E-state index in [0.717, 1.165) is 10.9 Å². The second-order valence-corrected chi connectivity index (χ2v) is 7.40. The highest BCUT2D eigenvalue weighted by atomic mass is 35.5. The van der Waals surface area contributed by atoms with Crippen LogP contribution in [0.1, 0.15) is 22.8 Å². The number of ether oxygens (including phenoxy) is 1. The summed E-state index contributed by atoms with van der Waals surface area (Å²) in [5.41, 5.74) is 1.72. The summed E-state index contributed by atoms with van der Waals surface area (Å²) in [5.74, 6) is -0.0910. The van der Waals surface area contributed by atoms with Gasteiger partial charge >= 0.3 is 5.97 Å². The smallest absolute Gasteiger partial charge is 0.339 e. The van der Waals surface area contributed by atoms with Gasteiger partial charge in [-0.2, -0.15) is 0 Å². The first-order valence-electron chi connectivity index (χ1n) is 7.79. The van der Waals surface area contributed by atoms with Crippen LogP contribution in [-0.4, -0.2) is 20.9 Å². The molecular formula is C19H16ClNO3S. The van der Waals surface area contributed by atoms with E-state index in [1.807, 2.05) is 30.3 Å². The Hall–Kier alpha value is -2.24. The van der Waals surface area contributed by atoms with Gasteiger partial charge in [0.05, 0.1) is 26.8 Å². The SMILES string of the molecule is CCS(=O)c1ccccc1C(=O)OCc1cc2ccccc2nc1Cl. The van der Waals surface area contributed by atoms with Crippen LogP contribution in [-0.2, 0) is 22.1 Å². The summed E-state index contributed by atoms with van der Waals surface area (Å²) in [6, 6.07) is 16.2. The van der Waals surface area contributed by atoms with Crippen molar-refractivity contribution in [1.29, 1.82) is 0 Å². The molecule has 3 aromatic rings. The van der Waals surface area contributed by atoms with Crippen LogP contribution in [0.3, 0.4) is 0 Å². The Bertz CT molecular complexity index is 958. The van der Waals surface area contributed by atoms with Crippen molar-refractivity contribution in [2.75, 3.05) is 5.75 Å². The molecular weight excluding hydrogens is 358 g/mol. The van der Waals surface area contributed by atoms with Crippen LogP contribution in [0.25, 0.3) is 10.9 Å². The molecule has 6 heteroatoms. The van der Waals surface area contributed by atoms with Crippen molar-refractivity contribution in [2.45, 2.75) is 18.4 Å². The minimum absolute atomic E-state index is 0.00257. The standard InChI is InChI=1S/C19H16ClNO3S/c1-2-25(23)17-10-6-4-8-15(17)19(22)24-12-14-11-13-7-3-5-9-16(13)21-18(14)20/h3-11H,2,12H2,1H3. The predicted molar refractivity (Wildman–Crippen MR) is 99.3 cm³/mol. The van der Waals surface area contributed by atoms with Crippen molar-refractivity contribution < 1.29 is 13.7 Å². The first kappa shape index (κ1) is 17.6. The van der Waals surface area contributed by atoms with Crippen LogP contribution in [0.4, 0.5) is 0 Å². The molecule has 1 heterocycles. The number of carbonyl (C=O) groups is 1. The fraction of sp³-hybridized carbons (Fsp3) is 0.158. The number of pyridine rings is 1. The summed E-state index contributed by atoms with van der Waals surface area (Å²) < 4.78 is 17.5. The maximum absolute atomic E-state index is 12.4. The molecule has 0 fully saturated rings. The predicted octanol–water partition coefficient (Wildman–Crippen LogP) is 4.37. The maximum atomic E-state index is 12.4. The lowest BCUT2D eigenvalue weighted by Crippen LogP contribution is -2.10. The van der Waals surface area contributed by atoms with E-state index in [9.17, 15) is 9.00 Å². The van der Waals surface area contributed by atoms with Gasteiger partial charge in [-0.15, -0.1) is 0 Å². The zero-order valence-corrected chi connectivity index (χ0v) is 15.1. The number of hydrogen-bond acceptors (Lipinski definition) is 4. The van der Waals surface area contributed by atoms with Crippen molar-refractivity contribution in [2.24, 2.45) is 0 Å². The van der Waals surface area contributed by atoms with Gasteiger partial charge in [0.25, 0.3) is 0 Å². The molecule has 0 radical (unpaired) electrons. The number of nitrogens with zero attached hydrogens (tertiary/aromatic N) is 1. The Morgan fingerprint density at radius 1 is 1.16 bits per heavy atom. The normalized spacial score (nSPS) is 12.1. The van der Waals surface area contributed by atoms with Gasteiger partial charge in [-0.25, -0.2) is 9.78 Å². The first-order chi connectivity index (χ1) is 12.1. The number of halogens is 1. The van der Waals surface area contributed by atoms with Crippen molar-refractivity contribution in [1.82, 2.24) is 4.98 Å². The van der Waals surface area contributed by atoms with Gasteiger partial charge in [0.1, 0.15) is 11.8 Å². The number of rotatable bonds is 5. The van der Waals surface area contributed by atoms with Crippen LogP contribution in [0.5, 0.6) is 0 Å². The Balaban J connectivity index is 1.81. The van der Waals surface area contributed by atoms with E-state index in [1.54, 1.807) is 31.2 Å². The third kappa shape index (κ3) is 3.89. The first-order valence-corrected chi connectivity index (χ1v) is 9.48. The zero-order chi connectivity index (χ0) is 17.8. The van der Waals surface area contributed by atoms with Gasteiger partial charge in [-0.3, -0.25) is 4.21 Å². The number of fused-ring (bicyclic) bond motifs is 1. The number of aromatic nitrogens is 1. The molecule has 0 aliphatic heterocycles. The van der Waals surface area contributed by atoms with E-state index in [4.69, 9.17) is 16.3 Å². The van der Waals surface area contributed by atoms with Crippen molar-refractivity contribution >= 4 is 39.3 Å². The molecule has 4 nitrogen and oxygen atoms in total. The molecule has 2 aromatic carbocycles. The van der Waals surface area contributed by atoms with E-state index >= 15 is 0 Å². The molecule has 25 heavy (non-hydrogen) atoms. The minimum atomic E-state index is -1.23. The van der Waals surface area contributed by atoms with Gasteiger partial charge in [-0.05, 0) is 24.3 Å². The molecule has 128 valence electrons. The summed E-state index contributed by atoms with van der Waals surface area (Å²) in [7, 11) is -1.23. The number of esters is 1. The van der Waals surface area contributed by atoms with E-state index in [-0.39, 0.29) is 6.61 Å². The third-order valence-corrected chi connectivity index (χ3v) is 5.42. The fourth-order valence-electron chi connectivity index (χ4n) is 2.45. The van der Waals surface area contributed by atoms with E-state index in [1.165, 1.54) is 0 Å². The lowest BCUT2D eigenvalue weighted by atomic mass is 10.1. The topological polar surface area (TPSA) is 56.3 Å². The molecule has 1 atom stereocenters. The molecule has 3 rings (SSSR count). The average Bonchev–Trinajstić information content (AvgIpc) is 2.65. The Kier molecular flexibility index (Phi) is 5.46. The zero-order valence-electron chi connectivity index (χ0n) is 13.6. The lowest BCUT2D eigenvalue weighted by molar-refractivity contribution is 0.0468. The molecule has 0 N–H and O–H groups in total. The van der Waals surface area contributed by atoms with Crippen molar-refractivity contribution in [3.05, 3.63) is 70.9 Å². The lowest BCUT2D eigenvalue weighted by Gasteiger charge is -2.10. The number of para-hydroxylation sites is 1. The minimum Gasteiger partial charge on any atom is -0.457 e. The maximum Gasteiger partial charge on any atom is 0.339 e. The van der Waals surface area contributed by atoms with E-state index in [0.29, 0.717) is 26.9 Å². The van der Waals surface area contributed by atoms with Gasteiger partial charge < -0.3 is 4.74 Å². The number of carbonyl (C=O) groups excluding carboxylic acids is 1. The van der Waals surface area contributed by atoms with Crippen LogP contribution in [0.2, 0.25) is 5.15 Å². The summed E-state index contributed by atoms with van der Waals surface area (Å²) in [6.07, 6.45) is 0. The molecule has 0 saturated carbocycles. The molecule has 0 aliphatic rings. The van der Waals surface area contributed by atoms with Gasteiger partial charge in [0.15, 0.2) is 0 Å². The molecule has 0 amide bonds. The summed E-state index contributed by atoms with van der Waals surface area (Å²) in [6.45, 7) is 1.81. The van der Waals surface area contributed by atoms with E-state index in [2.05, 4.69) is 4.98 Å².